The first kappa shape index (κ1) is 9.03. The van der Waals surface area contributed by atoms with Crippen LogP contribution in [0.25, 0.3) is 0 Å². The average molecular weight is 186 g/mol. The van der Waals surface area contributed by atoms with E-state index in [1.807, 2.05) is 0 Å². The second kappa shape index (κ2) is 3.56. The molecule has 0 fully saturated rings. The molecule has 1 rings (SSSR count). The number of hydrogen-bond donors (Lipinski definition) is 1. The molecule has 0 heterocycles. The summed E-state index contributed by atoms with van der Waals surface area (Å²) in [6.45, 7) is 0. The van der Waals surface area contributed by atoms with Gasteiger partial charge in [0.25, 0.3) is 5.91 Å². The zero-order chi connectivity index (χ0) is 9.14. The molecule has 0 unspecified atom stereocenters. The van der Waals surface area contributed by atoms with Crippen molar-refractivity contribution in [3.63, 3.8) is 0 Å². The number of benzene rings is 1. The average Bonchev–Trinajstić information content (AvgIpc) is 2.04. The van der Waals surface area contributed by atoms with Gasteiger partial charge in [0, 0.05) is 7.05 Å². The highest BCUT2D eigenvalue weighted by Gasteiger charge is 2.11. The van der Waals surface area contributed by atoms with Gasteiger partial charge in [0.15, 0.2) is 0 Å². The molecular formula is C8H8ClNO2. The summed E-state index contributed by atoms with van der Waals surface area (Å²) in [5, 5.41) is 9.66. The Balaban J connectivity index is 3.03. The van der Waals surface area contributed by atoms with Gasteiger partial charge in [-0.2, -0.15) is 0 Å². The third-order valence-electron chi connectivity index (χ3n) is 1.40. The van der Waals surface area contributed by atoms with Crippen LogP contribution in [0.1, 0.15) is 10.4 Å². The fraction of sp³-hybridized carbons (Fsp3) is 0.125. The Morgan fingerprint density at radius 2 is 2.08 bits per heavy atom. The molecule has 1 amide bonds. The van der Waals surface area contributed by atoms with Gasteiger partial charge >= 0.3 is 0 Å². The molecule has 1 N–H and O–H groups in total. The minimum absolute atomic E-state index is 0.296. The normalized spacial score (nSPS) is 9.58. The fourth-order valence-corrected chi connectivity index (χ4v) is 1.03. The minimum atomic E-state index is -0.513. The quantitative estimate of drug-likeness (QED) is 0.536. The van der Waals surface area contributed by atoms with Crippen molar-refractivity contribution < 1.29 is 10.0 Å². The molecule has 64 valence electrons. The van der Waals surface area contributed by atoms with Gasteiger partial charge in [-0.3, -0.25) is 10.0 Å². The van der Waals surface area contributed by atoms with Gasteiger partial charge in [0.1, 0.15) is 0 Å². The Morgan fingerprint density at radius 1 is 1.50 bits per heavy atom. The number of rotatable bonds is 1. The van der Waals surface area contributed by atoms with Crippen LogP contribution >= 0.6 is 11.6 Å². The third-order valence-corrected chi connectivity index (χ3v) is 1.73. The predicted octanol–water partition coefficient (Wildman–Crippen LogP) is 1.80. The zero-order valence-corrected chi connectivity index (χ0v) is 7.25. The highest BCUT2D eigenvalue weighted by molar-refractivity contribution is 6.33. The summed E-state index contributed by atoms with van der Waals surface area (Å²) >= 11 is 5.70. The first-order valence-electron chi connectivity index (χ1n) is 3.34. The van der Waals surface area contributed by atoms with E-state index in [4.69, 9.17) is 16.8 Å². The lowest BCUT2D eigenvalue weighted by molar-refractivity contribution is -0.0374. The Hall–Kier alpha value is -1.06. The number of amides is 1. The van der Waals surface area contributed by atoms with E-state index in [0.717, 1.165) is 0 Å². The number of hydrogen-bond acceptors (Lipinski definition) is 2. The van der Waals surface area contributed by atoms with Crippen LogP contribution in [-0.4, -0.2) is 23.2 Å². The second-order valence-electron chi connectivity index (χ2n) is 2.31. The standard InChI is InChI=1S/C8H8ClNO2/c1-10(12)8(11)6-4-2-3-5-7(6)9/h2-5,12H,1H3. The maximum atomic E-state index is 11.2. The molecular weight excluding hydrogens is 178 g/mol. The zero-order valence-electron chi connectivity index (χ0n) is 6.49. The molecule has 0 aliphatic carbocycles. The molecule has 1 aromatic rings. The first-order chi connectivity index (χ1) is 5.63. The molecule has 0 saturated carbocycles. The maximum absolute atomic E-state index is 11.2. The van der Waals surface area contributed by atoms with Gasteiger partial charge in [0.05, 0.1) is 10.6 Å². The fourth-order valence-electron chi connectivity index (χ4n) is 0.809. The van der Waals surface area contributed by atoms with Crippen molar-refractivity contribution in [3.05, 3.63) is 34.9 Å². The van der Waals surface area contributed by atoms with E-state index in [1.165, 1.54) is 7.05 Å². The summed E-state index contributed by atoms with van der Waals surface area (Å²) in [6, 6.07) is 6.55. The number of halogens is 1. The van der Waals surface area contributed by atoms with Crippen LogP contribution in [0, 0.1) is 0 Å². The van der Waals surface area contributed by atoms with Crippen molar-refractivity contribution in [2.24, 2.45) is 0 Å². The predicted molar refractivity (Wildman–Crippen MR) is 45.3 cm³/mol. The van der Waals surface area contributed by atoms with Crippen LogP contribution in [0.15, 0.2) is 24.3 Å². The number of carbonyl (C=O) groups excluding carboxylic acids is 1. The van der Waals surface area contributed by atoms with Crippen LogP contribution in [0.4, 0.5) is 0 Å². The van der Waals surface area contributed by atoms with E-state index < -0.39 is 5.91 Å². The molecule has 0 spiro atoms. The van der Waals surface area contributed by atoms with Crippen molar-refractivity contribution in [1.82, 2.24) is 5.06 Å². The summed E-state index contributed by atoms with van der Waals surface area (Å²) in [4.78, 5) is 11.2. The number of hydroxylamine groups is 2. The molecule has 0 aliphatic heterocycles. The Morgan fingerprint density at radius 3 is 2.58 bits per heavy atom. The van der Waals surface area contributed by atoms with Crippen molar-refractivity contribution in [3.8, 4) is 0 Å². The van der Waals surface area contributed by atoms with E-state index in [9.17, 15) is 4.79 Å². The SMILES string of the molecule is CN(O)C(=O)c1ccccc1Cl. The van der Waals surface area contributed by atoms with Gasteiger partial charge in [0.2, 0.25) is 0 Å². The molecule has 12 heavy (non-hydrogen) atoms. The molecule has 0 atom stereocenters. The van der Waals surface area contributed by atoms with E-state index in [0.29, 0.717) is 15.6 Å². The Bertz CT molecular complexity index is 299. The van der Waals surface area contributed by atoms with Crippen molar-refractivity contribution in [1.29, 1.82) is 0 Å². The third kappa shape index (κ3) is 1.75. The van der Waals surface area contributed by atoms with Crippen LogP contribution in [-0.2, 0) is 0 Å². The summed E-state index contributed by atoms with van der Waals surface area (Å²) in [5.74, 6) is -0.513. The Labute approximate surface area is 75.1 Å². The number of nitrogens with zero attached hydrogens (tertiary/aromatic N) is 1. The molecule has 4 heteroatoms. The summed E-state index contributed by atoms with van der Waals surface area (Å²) in [7, 11) is 1.26. The largest absolute Gasteiger partial charge is 0.286 e. The topological polar surface area (TPSA) is 40.5 Å². The van der Waals surface area contributed by atoms with Crippen LogP contribution < -0.4 is 0 Å². The number of carbonyl (C=O) groups is 1. The van der Waals surface area contributed by atoms with E-state index >= 15 is 0 Å². The van der Waals surface area contributed by atoms with Crippen molar-refractivity contribution in [2.75, 3.05) is 7.05 Å². The monoisotopic (exact) mass is 185 g/mol. The second-order valence-corrected chi connectivity index (χ2v) is 2.72. The Kier molecular flexibility index (Phi) is 2.68. The van der Waals surface area contributed by atoms with Gasteiger partial charge in [-0.1, -0.05) is 23.7 Å². The molecule has 1 aromatic carbocycles. The van der Waals surface area contributed by atoms with E-state index in [2.05, 4.69) is 0 Å². The van der Waals surface area contributed by atoms with Crippen LogP contribution in [0.2, 0.25) is 5.02 Å². The molecule has 0 saturated heterocycles. The van der Waals surface area contributed by atoms with E-state index in [-0.39, 0.29) is 0 Å². The van der Waals surface area contributed by atoms with Gasteiger partial charge in [-0.25, -0.2) is 5.06 Å². The smallest absolute Gasteiger partial charge is 0.278 e. The highest BCUT2D eigenvalue weighted by atomic mass is 35.5. The van der Waals surface area contributed by atoms with Gasteiger partial charge in [-0.05, 0) is 12.1 Å². The highest BCUT2D eigenvalue weighted by Crippen LogP contribution is 2.15. The van der Waals surface area contributed by atoms with Crippen molar-refractivity contribution in [2.45, 2.75) is 0 Å². The minimum Gasteiger partial charge on any atom is -0.286 e. The van der Waals surface area contributed by atoms with Crippen LogP contribution in [0.3, 0.4) is 0 Å². The lowest BCUT2D eigenvalue weighted by atomic mass is 10.2. The summed E-state index contributed by atoms with van der Waals surface area (Å²) < 4.78 is 0. The van der Waals surface area contributed by atoms with E-state index in [1.54, 1.807) is 24.3 Å². The lowest BCUT2D eigenvalue weighted by Crippen LogP contribution is -2.22. The molecule has 0 bridgehead atoms. The summed E-state index contributed by atoms with van der Waals surface area (Å²) in [6.07, 6.45) is 0. The molecule has 3 nitrogen and oxygen atoms in total. The molecule has 0 aromatic heterocycles. The lowest BCUT2D eigenvalue weighted by Gasteiger charge is -2.08. The van der Waals surface area contributed by atoms with Gasteiger partial charge in [-0.15, -0.1) is 0 Å². The maximum Gasteiger partial charge on any atom is 0.278 e. The first-order valence-corrected chi connectivity index (χ1v) is 3.72. The molecule has 0 radical (unpaired) electrons. The van der Waals surface area contributed by atoms with Crippen molar-refractivity contribution >= 4 is 17.5 Å². The molecule has 0 aliphatic rings. The summed E-state index contributed by atoms with van der Waals surface area (Å²) in [5.41, 5.74) is 0.296. The van der Waals surface area contributed by atoms with Gasteiger partial charge < -0.3 is 0 Å². The van der Waals surface area contributed by atoms with Crippen LogP contribution in [0.5, 0.6) is 0 Å².